The normalized spacial score (nSPS) is 16.3. The number of halogens is 2. The lowest BCUT2D eigenvalue weighted by Crippen LogP contribution is -2.39. The first-order chi connectivity index (χ1) is 14.0. The molecule has 150 valence electrons. The molecule has 0 saturated carbocycles. The number of amides is 1. The quantitative estimate of drug-likeness (QED) is 0.579. The second kappa shape index (κ2) is 8.35. The second-order valence-electron chi connectivity index (χ2n) is 7.01. The number of hydrogen-bond acceptors (Lipinski definition) is 4. The van der Waals surface area contributed by atoms with Crippen LogP contribution in [0.5, 0.6) is 0 Å². The van der Waals surface area contributed by atoms with Gasteiger partial charge in [-0.05, 0) is 37.1 Å². The van der Waals surface area contributed by atoms with Gasteiger partial charge in [-0.3, -0.25) is 4.79 Å². The maximum atomic E-state index is 14.3. The monoisotopic (exact) mass is 415 g/mol. The van der Waals surface area contributed by atoms with Crippen molar-refractivity contribution in [1.82, 2.24) is 4.90 Å². The number of carbonyl (C=O) groups is 1. The van der Waals surface area contributed by atoms with E-state index in [-0.39, 0.29) is 35.3 Å². The molecule has 4 rings (SSSR count). The Morgan fingerprint density at radius 3 is 2.79 bits per heavy atom. The summed E-state index contributed by atoms with van der Waals surface area (Å²) in [7, 11) is 0. The zero-order valence-corrected chi connectivity index (χ0v) is 16.3. The number of benzene rings is 2. The smallest absolute Gasteiger partial charge is 0.349 e. The number of rotatable bonds is 5. The summed E-state index contributed by atoms with van der Waals surface area (Å²) in [5.74, 6) is -1.05. The largest absolute Gasteiger partial charge is 0.422 e. The number of ether oxygens (including phenoxy) is 1. The predicted octanol–water partition coefficient (Wildman–Crippen LogP) is 4.41. The number of nitrogens with zero attached hydrogens (tertiary/aromatic N) is 1. The Kier molecular flexibility index (Phi) is 5.65. The Morgan fingerprint density at radius 1 is 1.21 bits per heavy atom. The molecular weight excluding hydrogens is 397 g/mol. The van der Waals surface area contributed by atoms with Gasteiger partial charge in [-0.2, -0.15) is 0 Å². The summed E-state index contributed by atoms with van der Waals surface area (Å²) < 4.78 is 25.3. The first-order valence-corrected chi connectivity index (χ1v) is 9.77. The van der Waals surface area contributed by atoms with E-state index in [9.17, 15) is 14.0 Å². The standard InChI is InChI=1S/C22H19ClFNO4/c23-18-7-3-8-19(24)17(18)13-25(12-15-6-4-10-28-15)21(26)16-11-14-5-1-2-9-20(14)29-22(16)27/h1-3,5,7-9,11,15H,4,6,10,12-13H2. The average Bonchev–Trinajstić information content (AvgIpc) is 3.22. The number of fused-ring (bicyclic) bond motifs is 1. The molecule has 29 heavy (non-hydrogen) atoms. The fourth-order valence-corrected chi connectivity index (χ4v) is 3.73. The van der Waals surface area contributed by atoms with Crippen molar-refractivity contribution in [2.24, 2.45) is 0 Å². The van der Waals surface area contributed by atoms with Crippen LogP contribution in [-0.4, -0.2) is 30.1 Å². The van der Waals surface area contributed by atoms with E-state index < -0.39 is 17.3 Å². The van der Waals surface area contributed by atoms with E-state index in [1.807, 2.05) is 0 Å². The van der Waals surface area contributed by atoms with Gasteiger partial charge in [0.05, 0.1) is 12.6 Å². The summed E-state index contributed by atoms with van der Waals surface area (Å²) in [6.45, 7) is 0.775. The highest BCUT2D eigenvalue weighted by Crippen LogP contribution is 2.24. The van der Waals surface area contributed by atoms with Crippen molar-refractivity contribution in [2.45, 2.75) is 25.5 Å². The molecule has 0 radical (unpaired) electrons. The number of para-hydroxylation sites is 1. The van der Waals surface area contributed by atoms with Crippen molar-refractivity contribution in [3.05, 3.63) is 80.9 Å². The van der Waals surface area contributed by atoms with Crippen LogP contribution in [0.2, 0.25) is 5.02 Å². The molecule has 2 aromatic carbocycles. The maximum Gasteiger partial charge on any atom is 0.349 e. The minimum atomic E-state index is -0.731. The van der Waals surface area contributed by atoms with Gasteiger partial charge in [0, 0.05) is 29.1 Å². The molecule has 7 heteroatoms. The van der Waals surface area contributed by atoms with Crippen LogP contribution >= 0.6 is 11.6 Å². The van der Waals surface area contributed by atoms with E-state index >= 15 is 0 Å². The highest BCUT2D eigenvalue weighted by molar-refractivity contribution is 6.31. The van der Waals surface area contributed by atoms with E-state index in [1.165, 1.54) is 23.1 Å². The van der Waals surface area contributed by atoms with E-state index in [4.69, 9.17) is 20.8 Å². The van der Waals surface area contributed by atoms with Gasteiger partial charge in [0.25, 0.3) is 5.91 Å². The highest BCUT2D eigenvalue weighted by Gasteiger charge is 2.27. The molecule has 1 fully saturated rings. The van der Waals surface area contributed by atoms with Crippen molar-refractivity contribution in [1.29, 1.82) is 0 Å². The van der Waals surface area contributed by atoms with Crippen LogP contribution in [0.25, 0.3) is 11.0 Å². The van der Waals surface area contributed by atoms with Crippen molar-refractivity contribution < 1.29 is 18.3 Å². The molecular formula is C22H19ClFNO4. The van der Waals surface area contributed by atoms with Crippen LogP contribution in [-0.2, 0) is 11.3 Å². The third kappa shape index (κ3) is 4.18. The summed E-state index contributed by atoms with van der Waals surface area (Å²) in [4.78, 5) is 27.1. The van der Waals surface area contributed by atoms with E-state index in [0.29, 0.717) is 17.6 Å². The van der Waals surface area contributed by atoms with Crippen molar-refractivity contribution >= 4 is 28.5 Å². The van der Waals surface area contributed by atoms with Crippen LogP contribution in [0.3, 0.4) is 0 Å². The maximum absolute atomic E-state index is 14.3. The summed E-state index contributed by atoms with van der Waals surface area (Å²) in [6, 6.07) is 12.8. The molecule has 0 bridgehead atoms. The molecule has 1 aliphatic rings. The predicted molar refractivity (Wildman–Crippen MR) is 108 cm³/mol. The van der Waals surface area contributed by atoms with Crippen molar-refractivity contribution in [2.75, 3.05) is 13.2 Å². The Hall–Kier alpha value is -2.70. The Balaban J connectivity index is 1.71. The van der Waals surface area contributed by atoms with Gasteiger partial charge in [0.2, 0.25) is 0 Å². The fourth-order valence-electron chi connectivity index (χ4n) is 3.51. The van der Waals surface area contributed by atoms with Crippen LogP contribution in [0.15, 0.2) is 57.7 Å². The molecule has 1 atom stereocenters. The van der Waals surface area contributed by atoms with Gasteiger partial charge in [-0.1, -0.05) is 35.9 Å². The van der Waals surface area contributed by atoms with Gasteiger partial charge >= 0.3 is 5.63 Å². The Bertz CT molecular complexity index is 1090. The molecule has 3 aromatic rings. The first-order valence-electron chi connectivity index (χ1n) is 9.39. The molecule has 0 aliphatic carbocycles. The lowest BCUT2D eigenvalue weighted by atomic mass is 10.1. The molecule has 1 amide bonds. The summed E-state index contributed by atoms with van der Waals surface area (Å²) in [6.07, 6.45) is 1.52. The van der Waals surface area contributed by atoms with Gasteiger partial charge in [0.15, 0.2) is 0 Å². The summed E-state index contributed by atoms with van der Waals surface area (Å²) in [5, 5.41) is 0.858. The lowest BCUT2D eigenvalue weighted by Gasteiger charge is -2.26. The van der Waals surface area contributed by atoms with E-state index in [2.05, 4.69) is 0 Å². The molecule has 1 aromatic heterocycles. The Morgan fingerprint density at radius 2 is 2.03 bits per heavy atom. The first kappa shape index (κ1) is 19.6. The molecule has 0 N–H and O–H groups in total. The minimum absolute atomic E-state index is 0.0729. The second-order valence-corrected chi connectivity index (χ2v) is 7.41. The summed E-state index contributed by atoms with van der Waals surface area (Å²) in [5.41, 5.74) is -0.234. The van der Waals surface area contributed by atoms with Crippen LogP contribution < -0.4 is 5.63 Å². The third-order valence-corrected chi connectivity index (χ3v) is 5.37. The summed E-state index contributed by atoms with van der Waals surface area (Å²) >= 11 is 6.16. The highest BCUT2D eigenvalue weighted by atomic mass is 35.5. The van der Waals surface area contributed by atoms with E-state index in [0.717, 1.165) is 12.8 Å². The van der Waals surface area contributed by atoms with Crippen LogP contribution in [0, 0.1) is 5.82 Å². The van der Waals surface area contributed by atoms with Crippen molar-refractivity contribution in [3.8, 4) is 0 Å². The van der Waals surface area contributed by atoms with Gasteiger partial charge in [0.1, 0.15) is 17.0 Å². The van der Waals surface area contributed by atoms with Crippen LogP contribution in [0.4, 0.5) is 4.39 Å². The molecule has 1 unspecified atom stereocenters. The van der Waals surface area contributed by atoms with E-state index in [1.54, 1.807) is 30.3 Å². The lowest BCUT2D eigenvalue weighted by molar-refractivity contribution is 0.0502. The van der Waals surface area contributed by atoms with Gasteiger partial charge in [-0.15, -0.1) is 0 Å². The fraction of sp³-hybridized carbons (Fsp3) is 0.273. The zero-order chi connectivity index (χ0) is 20.4. The van der Waals surface area contributed by atoms with Gasteiger partial charge < -0.3 is 14.1 Å². The molecule has 5 nitrogen and oxygen atoms in total. The average molecular weight is 416 g/mol. The molecule has 2 heterocycles. The number of hydrogen-bond donors (Lipinski definition) is 0. The van der Waals surface area contributed by atoms with Crippen LogP contribution in [0.1, 0.15) is 28.8 Å². The topological polar surface area (TPSA) is 59.8 Å². The molecule has 1 aliphatic heterocycles. The Labute approximate surface area is 171 Å². The minimum Gasteiger partial charge on any atom is -0.422 e. The zero-order valence-electron chi connectivity index (χ0n) is 15.6. The third-order valence-electron chi connectivity index (χ3n) is 5.02. The SMILES string of the molecule is O=C(c1cc2ccccc2oc1=O)N(Cc1c(F)cccc1Cl)CC1CCCO1. The molecule has 1 saturated heterocycles. The van der Waals surface area contributed by atoms with Crippen molar-refractivity contribution in [3.63, 3.8) is 0 Å². The number of carbonyl (C=O) groups excluding carboxylic acids is 1. The van der Waals surface area contributed by atoms with Gasteiger partial charge in [-0.25, -0.2) is 9.18 Å². The molecule has 0 spiro atoms.